The average Bonchev–Trinajstić information content (AvgIpc) is 2.44. The van der Waals surface area contributed by atoms with E-state index in [1.54, 1.807) is 18.2 Å². The van der Waals surface area contributed by atoms with Crippen LogP contribution in [0.5, 0.6) is 0 Å². The zero-order chi connectivity index (χ0) is 16.4. The molecule has 0 spiro atoms. The second-order valence-corrected chi connectivity index (χ2v) is 6.84. The van der Waals surface area contributed by atoms with Crippen molar-refractivity contribution in [1.29, 1.82) is 0 Å². The molecule has 0 fully saturated rings. The van der Waals surface area contributed by atoms with Gasteiger partial charge in [-0.3, -0.25) is 9.35 Å². The highest BCUT2D eigenvalue weighted by molar-refractivity contribution is 7.85. The number of hydrogen-bond donors (Lipinski definition) is 2. The van der Waals surface area contributed by atoms with Crippen LogP contribution in [0.25, 0.3) is 0 Å². The molecule has 0 aliphatic heterocycles. The molecule has 1 rings (SSSR count). The van der Waals surface area contributed by atoms with Gasteiger partial charge in [-0.2, -0.15) is 8.42 Å². The Labute approximate surface area is 132 Å². The second-order valence-electron chi connectivity index (χ2n) is 5.45. The molecule has 0 bridgehead atoms. The molecule has 0 unspecified atom stereocenters. The van der Waals surface area contributed by atoms with Gasteiger partial charge in [0.2, 0.25) is 0 Å². The molecule has 0 heterocycles. The van der Waals surface area contributed by atoms with E-state index in [1.807, 2.05) is 0 Å². The van der Waals surface area contributed by atoms with E-state index in [9.17, 15) is 13.2 Å². The van der Waals surface area contributed by atoms with E-state index in [0.717, 1.165) is 44.9 Å². The molecule has 1 aromatic rings. The highest BCUT2D eigenvalue weighted by atomic mass is 32.2. The normalized spacial score (nSPS) is 11.5. The number of aryl methyl sites for hydroxylation is 1. The lowest BCUT2D eigenvalue weighted by Gasteiger charge is -2.06. The quantitative estimate of drug-likeness (QED) is 0.477. The third-order valence-electron chi connectivity index (χ3n) is 3.59. The number of hydrogen-bond acceptors (Lipinski definition) is 3. The smallest absolute Gasteiger partial charge is 0.303 e. The van der Waals surface area contributed by atoms with Crippen LogP contribution >= 0.6 is 0 Å². The fraction of sp³-hybridized carbons (Fsp3) is 0.562. The molecule has 0 aliphatic carbocycles. The van der Waals surface area contributed by atoms with Gasteiger partial charge >= 0.3 is 5.97 Å². The topological polar surface area (TPSA) is 91.7 Å². The summed E-state index contributed by atoms with van der Waals surface area (Å²) in [4.78, 5) is 10.3. The lowest BCUT2D eigenvalue weighted by atomic mass is 10.0. The zero-order valence-electron chi connectivity index (χ0n) is 12.7. The second kappa shape index (κ2) is 9.58. The molecule has 6 heteroatoms. The Morgan fingerprint density at radius 3 is 2.05 bits per heavy atom. The predicted molar refractivity (Wildman–Crippen MR) is 84.5 cm³/mol. The van der Waals surface area contributed by atoms with Gasteiger partial charge < -0.3 is 5.11 Å². The molecule has 1 aromatic carbocycles. The number of unbranched alkanes of at least 4 members (excludes halogenated alkanes) is 6. The highest BCUT2D eigenvalue weighted by Crippen LogP contribution is 2.18. The molecule has 0 amide bonds. The molecule has 0 saturated heterocycles. The Balaban J connectivity index is 2.19. The maximum atomic E-state index is 11.3. The molecule has 0 radical (unpaired) electrons. The van der Waals surface area contributed by atoms with Crippen LogP contribution in [0.3, 0.4) is 0 Å². The van der Waals surface area contributed by atoms with Crippen molar-refractivity contribution < 1.29 is 22.9 Å². The first-order valence-electron chi connectivity index (χ1n) is 7.68. The van der Waals surface area contributed by atoms with Gasteiger partial charge in [-0.1, -0.05) is 50.3 Å². The summed E-state index contributed by atoms with van der Waals surface area (Å²) in [6.07, 6.45) is 7.59. The number of aliphatic carboxylic acids is 1. The minimum atomic E-state index is -4.15. The monoisotopic (exact) mass is 328 g/mol. The Hall–Kier alpha value is -1.40. The van der Waals surface area contributed by atoms with Gasteiger partial charge in [0.05, 0.1) is 4.90 Å². The summed E-state index contributed by atoms with van der Waals surface area (Å²) >= 11 is 0. The van der Waals surface area contributed by atoms with E-state index in [-0.39, 0.29) is 11.3 Å². The number of carboxylic acid groups (broad SMARTS) is 1. The Morgan fingerprint density at radius 1 is 0.909 bits per heavy atom. The van der Waals surface area contributed by atoms with E-state index in [0.29, 0.717) is 12.0 Å². The first-order chi connectivity index (χ1) is 10.4. The van der Waals surface area contributed by atoms with E-state index in [2.05, 4.69) is 0 Å². The number of carbonyl (C=O) groups is 1. The van der Waals surface area contributed by atoms with Gasteiger partial charge in [0.1, 0.15) is 0 Å². The van der Waals surface area contributed by atoms with Crippen LogP contribution in [0.4, 0.5) is 0 Å². The molecule has 0 saturated carbocycles. The van der Waals surface area contributed by atoms with Crippen LogP contribution in [-0.4, -0.2) is 24.0 Å². The standard InChI is InChI=1S/C16H24O5S/c17-16(18)13-7-5-3-1-2-4-6-10-14-11-8-9-12-15(14)22(19,20)21/h8-9,11-12H,1-7,10,13H2,(H,17,18)(H,19,20,21). The van der Waals surface area contributed by atoms with Crippen LogP contribution in [0.2, 0.25) is 0 Å². The summed E-state index contributed by atoms with van der Waals surface area (Å²) in [6, 6.07) is 6.53. The van der Waals surface area contributed by atoms with Crippen molar-refractivity contribution in [3.8, 4) is 0 Å². The SMILES string of the molecule is O=C(O)CCCCCCCCCc1ccccc1S(=O)(=O)O. The molecule has 0 aliphatic rings. The van der Waals surface area contributed by atoms with Crippen LogP contribution in [0, 0.1) is 0 Å². The van der Waals surface area contributed by atoms with E-state index in [4.69, 9.17) is 9.66 Å². The lowest BCUT2D eigenvalue weighted by Crippen LogP contribution is -2.03. The van der Waals surface area contributed by atoms with Crippen molar-refractivity contribution in [2.75, 3.05) is 0 Å². The van der Waals surface area contributed by atoms with Crippen molar-refractivity contribution in [3.63, 3.8) is 0 Å². The maximum Gasteiger partial charge on any atom is 0.303 e. The minimum Gasteiger partial charge on any atom is -0.481 e. The van der Waals surface area contributed by atoms with Crippen LogP contribution in [0.1, 0.15) is 56.9 Å². The van der Waals surface area contributed by atoms with Crippen LogP contribution in [-0.2, 0) is 21.3 Å². The minimum absolute atomic E-state index is 0.00340. The number of carboxylic acids is 1. The van der Waals surface area contributed by atoms with Crippen molar-refractivity contribution in [2.24, 2.45) is 0 Å². The third kappa shape index (κ3) is 7.56. The molecular formula is C16H24O5S. The Kier molecular flexibility index (Phi) is 8.12. The van der Waals surface area contributed by atoms with Crippen LogP contribution < -0.4 is 0 Å². The van der Waals surface area contributed by atoms with Gasteiger partial charge in [-0.15, -0.1) is 0 Å². The van der Waals surface area contributed by atoms with Gasteiger partial charge in [-0.05, 0) is 30.9 Å². The van der Waals surface area contributed by atoms with Gasteiger partial charge in [-0.25, -0.2) is 0 Å². The van der Waals surface area contributed by atoms with Crippen LogP contribution in [0.15, 0.2) is 29.2 Å². The number of benzene rings is 1. The maximum absolute atomic E-state index is 11.3. The summed E-state index contributed by atoms with van der Waals surface area (Å²) in [5.74, 6) is -0.738. The predicted octanol–water partition coefficient (Wildman–Crippen LogP) is 3.68. The molecular weight excluding hydrogens is 304 g/mol. The fourth-order valence-electron chi connectivity index (χ4n) is 2.44. The van der Waals surface area contributed by atoms with E-state index >= 15 is 0 Å². The summed E-state index contributed by atoms with van der Waals surface area (Å²) < 4.78 is 31.7. The first kappa shape index (κ1) is 18.6. The molecule has 124 valence electrons. The fourth-order valence-corrected chi connectivity index (χ4v) is 3.19. The van der Waals surface area contributed by atoms with Crippen molar-refractivity contribution >= 4 is 16.1 Å². The van der Waals surface area contributed by atoms with Gasteiger partial charge in [0.15, 0.2) is 0 Å². The molecule has 2 N–H and O–H groups in total. The summed E-state index contributed by atoms with van der Waals surface area (Å²) in [5, 5.41) is 8.51. The van der Waals surface area contributed by atoms with Gasteiger partial charge in [0, 0.05) is 6.42 Å². The highest BCUT2D eigenvalue weighted by Gasteiger charge is 2.13. The Morgan fingerprint density at radius 2 is 1.45 bits per heavy atom. The molecule has 0 aromatic heterocycles. The molecule has 0 atom stereocenters. The average molecular weight is 328 g/mol. The Bertz CT molecular complexity index is 566. The molecule has 22 heavy (non-hydrogen) atoms. The zero-order valence-corrected chi connectivity index (χ0v) is 13.5. The van der Waals surface area contributed by atoms with Crippen molar-refractivity contribution in [1.82, 2.24) is 0 Å². The number of rotatable bonds is 11. The summed E-state index contributed by atoms with van der Waals surface area (Å²) in [6.45, 7) is 0. The van der Waals surface area contributed by atoms with Crippen molar-refractivity contribution in [2.45, 2.75) is 62.7 Å². The summed E-state index contributed by atoms with van der Waals surface area (Å²) in [5.41, 5.74) is 0.659. The molecule has 5 nitrogen and oxygen atoms in total. The van der Waals surface area contributed by atoms with E-state index in [1.165, 1.54) is 6.07 Å². The van der Waals surface area contributed by atoms with Crippen molar-refractivity contribution in [3.05, 3.63) is 29.8 Å². The largest absolute Gasteiger partial charge is 0.481 e. The van der Waals surface area contributed by atoms with Gasteiger partial charge in [0.25, 0.3) is 10.1 Å². The third-order valence-corrected chi connectivity index (χ3v) is 4.54. The lowest BCUT2D eigenvalue weighted by molar-refractivity contribution is -0.137. The van der Waals surface area contributed by atoms with E-state index < -0.39 is 16.1 Å². The summed E-state index contributed by atoms with van der Waals surface area (Å²) in [7, 11) is -4.15. The first-order valence-corrected chi connectivity index (χ1v) is 9.12.